The van der Waals surface area contributed by atoms with Crippen molar-refractivity contribution in [1.82, 2.24) is 15.3 Å². The van der Waals surface area contributed by atoms with Gasteiger partial charge in [0.15, 0.2) is 0 Å². The predicted molar refractivity (Wildman–Crippen MR) is 106 cm³/mol. The van der Waals surface area contributed by atoms with Gasteiger partial charge in [-0.05, 0) is 49.3 Å². The number of nitrogens with zero attached hydrogens (tertiary/aromatic N) is 3. The first kappa shape index (κ1) is 20.1. The van der Waals surface area contributed by atoms with Gasteiger partial charge in [-0.1, -0.05) is 25.4 Å². The number of carbonyl (C=O) groups excluding carboxylic acids is 1. The molecule has 1 aromatic carbocycles. The molecule has 0 atom stereocenters. The van der Waals surface area contributed by atoms with E-state index in [0.717, 1.165) is 31.2 Å². The largest absolute Gasteiger partial charge is 0.490 e. The molecule has 1 amide bonds. The summed E-state index contributed by atoms with van der Waals surface area (Å²) in [5.74, 6) is 0.960. The Hall–Kier alpha value is -2.65. The summed E-state index contributed by atoms with van der Waals surface area (Å²) in [5, 5.41) is 12.3. The molecule has 1 heterocycles. The lowest BCUT2D eigenvalue weighted by Gasteiger charge is -2.29. The minimum absolute atomic E-state index is 0.0683. The number of aromatic nitrogens is 2. The first-order valence-electron chi connectivity index (χ1n) is 9.45. The number of halogens is 1. The van der Waals surface area contributed by atoms with E-state index >= 15 is 0 Å². The molecule has 1 N–H and O–H groups in total. The molecule has 1 aliphatic rings. The van der Waals surface area contributed by atoms with Crippen molar-refractivity contribution in [3.8, 4) is 11.8 Å². The highest BCUT2D eigenvalue weighted by Crippen LogP contribution is 2.27. The van der Waals surface area contributed by atoms with Crippen LogP contribution in [-0.4, -0.2) is 28.0 Å². The lowest BCUT2D eigenvalue weighted by molar-refractivity contribution is 0.0883. The predicted octanol–water partition coefficient (Wildman–Crippen LogP) is 4.25. The topological polar surface area (TPSA) is 87.9 Å². The monoisotopic (exact) mass is 398 g/mol. The van der Waals surface area contributed by atoms with Crippen molar-refractivity contribution in [2.45, 2.75) is 57.6 Å². The van der Waals surface area contributed by atoms with E-state index in [1.54, 1.807) is 30.6 Å². The van der Waals surface area contributed by atoms with Crippen molar-refractivity contribution >= 4 is 17.5 Å². The Labute approximate surface area is 169 Å². The van der Waals surface area contributed by atoms with Crippen LogP contribution >= 0.6 is 11.6 Å². The summed E-state index contributed by atoms with van der Waals surface area (Å²) in [6.45, 7) is 4.12. The van der Waals surface area contributed by atoms with Gasteiger partial charge in [0.05, 0.1) is 16.7 Å². The van der Waals surface area contributed by atoms with E-state index in [1.165, 1.54) is 0 Å². The SMILES string of the molecule is CC(C)c1cnc(C(=O)NC2CCC(Oc3ccc(C#N)c(Cl)c3)CC2)nc1. The van der Waals surface area contributed by atoms with Gasteiger partial charge in [0.25, 0.3) is 5.91 Å². The van der Waals surface area contributed by atoms with Crippen molar-refractivity contribution in [2.75, 3.05) is 0 Å². The van der Waals surface area contributed by atoms with Gasteiger partial charge in [0.1, 0.15) is 11.8 Å². The summed E-state index contributed by atoms with van der Waals surface area (Å²) in [4.78, 5) is 20.7. The molecule has 1 aliphatic carbocycles. The second kappa shape index (κ2) is 9.03. The van der Waals surface area contributed by atoms with Gasteiger partial charge in [-0.25, -0.2) is 9.97 Å². The number of nitrogens with one attached hydrogen (secondary N) is 1. The highest BCUT2D eigenvalue weighted by atomic mass is 35.5. The number of rotatable bonds is 5. The third-order valence-corrected chi connectivity index (χ3v) is 5.23. The smallest absolute Gasteiger partial charge is 0.289 e. The number of ether oxygens (including phenoxy) is 1. The average molecular weight is 399 g/mol. The Kier molecular flexibility index (Phi) is 6.48. The minimum Gasteiger partial charge on any atom is -0.490 e. The van der Waals surface area contributed by atoms with Crippen LogP contribution in [0.2, 0.25) is 5.02 Å². The zero-order chi connectivity index (χ0) is 20.1. The van der Waals surface area contributed by atoms with Gasteiger partial charge in [-0.3, -0.25) is 4.79 Å². The Balaban J connectivity index is 1.49. The third-order valence-electron chi connectivity index (χ3n) is 4.91. The van der Waals surface area contributed by atoms with E-state index in [9.17, 15) is 4.79 Å². The first-order chi connectivity index (χ1) is 13.5. The van der Waals surface area contributed by atoms with Crippen molar-refractivity contribution in [3.63, 3.8) is 0 Å². The van der Waals surface area contributed by atoms with E-state index in [4.69, 9.17) is 21.6 Å². The molecular formula is C21H23ClN4O2. The molecule has 1 aromatic heterocycles. The second-order valence-electron chi connectivity index (χ2n) is 7.31. The number of benzene rings is 1. The maximum Gasteiger partial charge on any atom is 0.289 e. The number of nitriles is 1. The van der Waals surface area contributed by atoms with Gasteiger partial charge in [-0.15, -0.1) is 0 Å². The summed E-state index contributed by atoms with van der Waals surface area (Å²) in [7, 11) is 0. The molecular weight excluding hydrogens is 376 g/mol. The lowest BCUT2D eigenvalue weighted by atomic mass is 9.93. The molecule has 6 nitrogen and oxygen atoms in total. The summed E-state index contributed by atoms with van der Waals surface area (Å²) in [5.41, 5.74) is 1.45. The van der Waals surface area contributed by atoms with Gasteiger partial charge in [0.2, 0.25) is 5.82 Å². The van der Waals surface area contributed by atoms with Crippen molar-refractivity contribution in [1.29, 1.82) is 5.26 Å². The average Bonchev–Trinajstić information content (AvgIpc) is 2.69. The summed E-state index contributed by atoms with van der Waals surface area (Å²) < 4.78 is 5.98. The Morgan fingerprint density at radius 2 is 1.93 bits per heavy atom. The van der Waals surface area contributed by atoms with Crippen LogP contribution in [0.3, 0.4) is 0 Å². The molecule has 1 fully saturated rings. The van der Waals surface area contributed by atoms with E-state index in [0.29, 0.717) is 22.3 Å². The normalized spacial score (nSPS) is 19.1. The zero-order valence-corrected chi connectivity index (χ0v) is 16.7. The van der Waals surface area contributed by atoms with E-state index < -0.39 is 0 Å². The fourth-order valence-electron chi connectivity index (χ4n) is 3.18. The fourth-order valence-corrected chi connectivity index (χ4v) is 3.39. The summed E-state index contributed by atoms with van der Waals surface area (Å²) in [6, 6.07) is 7.22. The second-order valence-corrected chi connectivity index (χ2v) is 7.72. The quantitative estimate of drug-likeness (QED) is 0.813. The minimum atomic E-state index is -0.237. The maximum atomic E-state index is 12.4. The van der Waals surface area contributed by atoms with Crippen molar-refractivity contribution in [3.05, 3.63) is 52.6 Å². The van der Waals surface area contributed by atoms with Gasteiger partial charge < -0.3 is 10.1 Å². The Morgan fingerprint density at radius 3 is 2.50 bits per heavy atom. The molecule has 2 aromatic rings. The van der Waals surface area contributed by atoms with Crippen LogP contribution in [0.1, 0.15) is 67.2 Å². The molecule has 146 valence electrons. The number of hydrogen-bond donors (Lipinski definition) is 1. The third kappa shape index (κ3) is 4.99. The van der Waals surface area contributed by atoms with Gasteiger partial charge in [-0.2, -0.15) is 5.26 Å². The zero-order valence-electron chi connectivity index (χ0n) is 16.0. The van der Waals surface area contributed by atoms with Crippen LogP contribution in [0.25, 0.3) is 0 Å². The van der Waals surface area contributed by atoms with E-state index in [1.807, 2.05) is 6.07 Å². The van der Waals surface area contributed by atoms with Crippen LogP contribution in [0, 0.1) is 11.3 Å². The molecule has 7 heteroatoms. The molecule has 3 rings (SSSR count). The molecule has 0 unspecified atom stereocenters. The van der Waals surface area contributed by atoms with Crippen LogP contribution in [0.4, 0.5) is 0 Å². The Morgan fingerprint density at radius 1 is 1.25 bits per heavy atom. The molecule has 28 heavy (non-hydrogen) atoms. The van der Waals surface area contributed by atoms with Gasteiger partial charge >= 0.3 is 0 Å². The summed E-state index contributed by atoms with van der Waals surface area (Å²) in [6.07, 6.45) is 6.79. The standard InChI is InChI=1S/C21H23ClN4O2/c1-13(2)15-11-24-20(25-12-15)21(27)26-16-4-7-17(8-5-16)28-18-6-3-14(10-23)19(22)9-18/h3,6,9,11-13,16-17H,4-5,7-8H2,1-2H3,(H,26,27). The summed E-state index contributed by atoms with van der Waals surface area (Å²) >= 11 is 6.05. The highest BCUT2D eigenvalue weighted by molar-refractivity contribution is 6.31. The maximum absolute atomic E-state index is 12.4. The molecule has 0 radical (unpaired) electrons. The van der Waals surface area contributed by atoms with Crippen molar-refractivity contribution < 1.29 is 9.53 Å². The Bertz CT molecular complexity index is 869. The highest BCUT2D eigenvalue weighted by Gasteiger charge is 2.25. The number of amides is 1. The molecule has 0 saturated heterocycles. The van der Waals surface area contributed by atoms with Crippen LogP contribution in [0.15, 0.2) is 30.6 Å². The van der Waals surface area contributed by atoms with Crippen LogP contribution in [-0.2, 0) is 0 Å². The molecule has 0 aliphatic heterocycles. The number of hydrogen-bond acceptors (Lipinski definition) is 5. The number of carbonyl (C=O) groups is 1. The molecule has 0 spiro atoms. The van der Waals surface area contributed by atoms with E-state index in [-0.39, 0.29) is 23.9 Å². The molecule has 0 bridgehead atoms. The molecule has 1 saturated carbocycles. The lowest BCUT2D eigenvalue weighted by Crippen LogP contribution is -2.40. The van der Waals surface area contributed by atoms with Crippen LogP contribution < -0.4 is 10.1 Å². The van der Waals surface area contributed by atoms with E-state index in [2.05, 4.69) is 29.1 Å². The van der Waals surface area contributed by atoms with Gasteiger partial charge in [0, 0.05) is 24.5 Å². The first-order valence-corrected chi connectivity index (χ1v) is 9.83. The fraction of sp³-hybridized carbons (Fsp3) is 0.429. The van der Waals surface area contributed by atoms with Crippen molar-refractivity contribution in [2.24, 2.45) is 0 Å². The van der Waals surface area contributed by atoms with Crippen LogP contribution in [0.5, 0.6) is 5.75 Å².